The zero-order valence-electron chi connectivity index (χ0n) is 28.6. The molecule has 0 unspecified atom stereocenters. The van der Waals surface area contributed by atoms with Crippen LogP contribution in [0.25, 0.3) is 22.2 Å². The zero-order valence-corrected chi connectivity index (χ0v) is 29.6. The predicted octanol–water partition coefficient (Wildman–Crippen LogP) is 6.11. The fourth-order valence-electron chi connectivity index (χ4n) is 6.18. The van der Waals surface area contributed by atoms with Crippen molar-refractivity contribution in [3.63, 3.8) is 0 Å². The average molecular weight is 706 g/mol. The second-order valence-electron chi connectivity index (χ2n) is 15.0. The number of pyridine rings is 1. The molecule has 2 N–H and O–H groups in total. The highest BCUT2D eigenvalue weighted by atomic mass is 28.3. The van der Waals surface area contributed by atoms with Crippen molar-refractivity contribution in [1.29, 1.82) is 0 Å². The third kappa shape index (κ3) is 7.11. The lowest BCUT2D eigenvalue weighted by Crippen LogP contribution is -2.61. The molecule has 11 nitrogen and oxygen atoms in total. The number of benzene rings is 2. The second-order valence-corrected chi connectivity index (χ2v) is 20.6. The summed E-state index contributed by atoms with van der Waals surface area (Å²) < 4.78 is 55.9. The fraction of sp³-hybridized carbons (Fsp3) is 0.417. The van der Waals surface area contributed by atoms with Gasteiger partial charge in [-0.05, 0) is 36.7 Å². The monoisotopic (exact) mass is 705 g/mol. The van der Waals surface area contributed by atoms with Gasteiger partial charge in [0.15, 0.2) is 17.4 Å². The van der Waals surface area contributed by atoms with Crippen LogP contribution in [0.1, 0.15) is 17.3 Å². The summed E-state index contributed by atoms with van der Waals surface area (Å²) in [7, 11) is -1.32. The van der Waals surface area contributed by atoms with E-state index < -0.39 is 31.1 Å². The number of aromatic nitrogens is 2. The van der Waals surface area contributed by atoms with E-state index in [1.165, 1.54) is 6.20 Å². The van der Waals surface area contributed by atoms with Crippen LogP contribution in [0.4, 0.5) is 14.5 Å². The van der Waals surface area contributed by atoms with Crippen molar-refractivity contribution in [3.05, 3.63) is 72.1 Å². The van der Waals surface area contributed by atoms with Crippen molar-refractivity contribution >= 4 is 36.7 Å². The normalized spacial score (nSPS) is 17.9. The molecule has 0 aliphatic carbocycles. The fourth-order valence-corrected chi connectivity index (χ4v) is 6.94. The van der Waals surface area contributed by atoms with E-state index in [-0.39, 0.29) is 48.6 Å². The molecule has 264 valence electrons. The molecule has 2 aromatic carbocycles. The Hall–Kier alpha value is -4.37. The molecule has 14 heteroatoms. The third-order valence-corrected chi connectivity index (χ3v) is 10.8. The Morgan fingerprint density at radius 2 is 1.80 bits per heavy atom. The number of anilines is 1. The van der Waals surface area contributed by atoms with Crippen molar-refractivity contribution in [2.24, 2.45) is 10.4 Å². The number of hydrogen-bond donors (Lipinski definition) is 2. The summed E-state index contributed by atoms with van der Waals surface area (Å²) in [6.07, 6.45) is 3.39. The van der Waals surface area contributed by atoms with Crippen LogP contribution in [-0.2, 0) is 20.9 Å². The first-order chi connectivity index (χ1) is 23.8. The number of aliphatic hydroxyl groups is 1. The average Bonchev–Trinajstić information content (AvgIpc) is 3.42. The Balaban J connectivity index is 1.17. The van der Waals surface area contributed by atoms with E-state index in [1.54, 1.807) is 30.0 Å². The Morgan fingerprint density at radius 3 is 2.40 bits per heavy atom. The van der Waals surface area contributed by atoms with Gasteiger partial charge >= 0.3 is 0 Å². The highest BCUT2D eigenvalue weighted by Crippen LogP contribution is 2.40. The molecule has 2 fully saturated rings. The molecule has 0 radical (unpaired) electrons. The highest BCUT2D eigenvalue weighted by Gasteiger charge is 2.42. The first-order valence-corrected chi connectivity index (χ1v) is 20.4. The van der Waals surface area contributed by atoms with E-state index in [2.05, 4.69) is 34.9 Å². The van der Waals surface area contributed by atoms with Gasteiger partial charge in [-0.3, -0.25) is 4.79 Å². The van der Waals surface area contributed by atoms with Crippen molar-refractivity contribution < 1.29 is 37.6 Å². The molecule has 5 heterocycles. The quantitative estimate of drug-likeness (QED) is 0.150. The second kappa shape index (κ2) is 13.1. The van der Waals surface area contributed by atoms with Crippen LogP contribution in [0.3, 0.4) is 0 Å². The molecule has 2 saturated heterocycles. The standard InChI is InChI=1S/C36H41F2N5O6Si/c1-35(45)17-43(18-35)33(44)24-7-5-23(6-8-24)26-15-42(22-46-11-12-50(2,3)4)32-30(26)29(9-10-39-32)49-31-27(37)13-25(14-28(31)38)41-34-40-16-36(21-48-34)19-47-20-36/h5-10,13-15,45H,11-12,16-22H2,1-4H3,(H,40,41). The van der Waals surface area contributed by atoms with E-state index in [0.717, 1.165) is 23.7 Å². The summed E-state index contributed by atoms with van der Waals surface area (Å²) >= 11 is 0. The smallest absolute Gasteiger partial charge is 0.289 e. The Bertz CT molecular complexity index is 1920. The van der Waals surface area contributed by atoms with Gasteiger partial charge in [-0.15, -0.1) is 0 Å². The molecule has 0 atom stereocenters. The summed E-state index contributed by atoms with van der Waals surface area (Å²) in [6, 6.07) is 12.1. The molecule has 3 aliphatic heterocycles. The van der Waals surface area contributed by atoms with Crippen molar-refractivity contribution in [2.45, 2.75) is 44.9 Å². The molecule has 50 heavy (non-hydrogen) atoms. The number of carbonyl (C=O) groups is 1. The number of β-amino-alcohol motifs (C(OH)–C–C–N with tert-alkyl or cyclic N) is 1. The Morgan fingerprint density at radius 1 is 1.08 bits per heavy atom. The van der Waals surface area contributed by atoms with E-state index in [1.807, 2.05) is 22.9 Å². The van der Waals surface area contributed by atoms with Crippen LogP contribution in [0.5, 0.6) is 11.5 Å². The van der Waals surface area contributed by atoms with Gasteiger partial charge in [0.25, 0.3) is 11.9 Å². The molecule has 2 aromatic heterocycles. The van der Waals surface area contributed by atoms with Crippen LogP contribution in [0, 0.1) is 17.0 Å². The lowest BCUT2D eigenvalue weighted by atomic mass is 9.87. The summed E-state index contributed by atoms with van der Waals surface area (Å²) in [4.78, 5) is 23.5. The van der Waals surface area contributed by atoms with Crippen molar-refractivity contribution in [2.75, 3.05) is 51.4 Å². The van der Waals surface area contributed by atoms with Gasteiger partial charge in [0.2, 0.25) is 0 Å². The molecule has 3 aliphatic rings. The van der Waals surface area contributed by atoms with Gasteiger partial charge in [-0.25, -0.2) is 18.8 Å². The SMILES string of the molecule is CC1(O)CN(C(=O)c2ccc(-c3cn(COCC[Si](C)(C)C)c4nccc(Oc5c(F)cc(NC6=NCC7(COC7)CO6)cc5F)c34)cc2)C1. The van der Waals surface area contributed by atoms with Crippen LogP contribution < -0.4 is 10.1 Å². The number of fused-ring (bicyclic) bond motifs is 1. The number of nitrogens with zero attached hydrogens (tertiary/aromatic N) is 4. The summed E-state index contributed by atoms with van der Waals surface area (Å²) in [5, 5.41) is 13.5. The molecule has 1 spiro atoms. The maximum Gasteiger partial charge on any atom is 0.289 e. The third-order valence-electron chi connectivity index (χ3n) is 9.09. The van der Waals surface area contributed by atoms with E-state index in [4.69, 9.17) is 18.9 Å². The number of ether oxygens (including phenoxy) is 4. The number of halogens is 2. The molecule has 4 aromatic rings. The topological polar surface area (TPSA) is 120 Å². The van der Waals surface area contributed by atoms with Gasteiger partial charge in [-0.1, -0.05) is 31.8 Å². The molecular weight excluding hydrogens is 665 g/mol. The van der Waals surface area contributed by atoms with Crippen LogP contribution in [0.15, 0.2) is 59.9 Å². The van der Waals surface area contributed by atoms with Gasteiger partial charge < -0.3 is 38.8 Å². The highest BCUT2D eigenvalue weighted by molar-refractivity contribution is 6.76. The number of hydrogen-bond acceptors (Lipinski definition) is 9. The minimum Gasteiger partial charge on any atom is -0.464 e. The first kappa shape index (κ1) is 34.1. The van der Waals surface area contributed by atoms with Crippen LogP contribution >= 0.6 is 0 Å². The minimum absolute atomic E-state index is 0.121. The molecule has 0 bridgehead atoms. The van der Waals surface area contributed by atoms with Gasteiger partial charge in [-0.2, -0.15) is 0 Å². The number of amidine groups is 1. The van der Waals surface area contributed by atoms with Crippen molar-refractivity contribution in [3.8, 4) is 22.6 Å². The summed E-state index contributed by atoms with van der Waals surface area (Å²) in [6.45, 7) is 12.0. The largest absolute Gasteiger partial charge is 0.464 e. The maximum atomic E-state index is 15.5. The van der Waals surface area contributed by atoms with Gasteiger partial charge in [0.1, 0.15) is 24.7 Å². The van der Waals surface area contributed by atoms with E-state index in [9.17, 15) is 9.90 Å². The number of amides is 1. The number of rotatable bonds is 10. The lowest BCUT2D eigenvalue weighted by molar-refractivity contribution is -0.132. The minimum atomic E-state index is -1.32. The first-order valence-electron chi connectivity index (χ1n) is 16.6. The van der Waals surface area contributed by atoms with Crippen LogP contribution in [-0.4, -0.2) is 91.2 Å². The molecular formula is C36H41F2N5O6Si. The zero-order chi connectivity index (χ0) is 35.3. The summed E-state index contributed by atoms with van der Waals surface area (Å²) in [5.74, 6) is -2.38. The number of aliphatic imine (C=N–C) groups is 1. The summed E-state index contributed by atoms with van der Waals surface area (Å²) in [5.41, 5.74) is 1.55. The van der Waals surface area contributed by atoms with Gasteiger partial charge in [0.05, 0.1) is 49.3 Å². The predicted molar refractivity (Wildman–Crippen MR) is 187 cm³/mol. The van der Waals surface area contributed by atoms with Gasteiger partial charge in [0, 0.05) is 56.0 Å². The number of carbonyl (C=O) groups excluding carboxylic acids is 1. The molecule has 0 saturated carbocycles. The maximum absolute atomic E-state index is 15.5. The van der Waals surface area contributed by atoms with Crippen molar-refractivity contribution in [1.82, 2.24) is 14.5 Å². The van der Waals surface area contributed by atoms with E-state index >= 15 is 8.78 Å². The number of nitrogens with one attached hydrogen (secondary N) is 1. The Kier molecular flexibility index (Phi) is 8.91. The Labute approximate surface area is 289 Å². The lowest BCUT2D eigenvalue weighted by Gasteiger charge is -2.44. The molecule has 1 amide bonds. The van der Waals surface area contributed by atoms with Crippen LogP contribution in [0.2, 0.25) is 25.7 Å². The molecule has 7 rings (SSSR count). The van der Waals surface area contributed by atoms with E-state index in [0.29, 0.717) is 55.1 Å². The number of likely N-dealkylation sites (tertiary alicyclic amines) is 1.